The predicted molar refractivity (Wildman–Crippen MR) is 95.8 cm³/mol. The van der Waals surface area contributed by atoms with Crippen molar-refractivity contribution in [3.8, 4) is 0 Å². The highest BCUT2D eigenvalue weighted by Gasteiger charge is 2.31. The standard InChI is InChI=1S/C19H21F3N4O3/c1-2-29-18(28)14-6-8-25(9-7-14)17(27)16-12-26(24-23-16)11-13-4-3-5-15(10-13)19(20,21)22/h3-5,10,12,14H,2,6-9,11H2,1H3. The van der Waals surface area contributed by atoms with Gasteiger partial charge in [-0.1, -0.05) is 17.3 Å². The molecule has 0 saturated carbocycles. The van der Waals surface area contributed by atoms with E-state index in [9.17, 15) is 22.8 Å². The van der Waals surface area contributed by atoms with Crippen LogP contribution in [-0.4, -0.2) is 51.5 Å². The summed E-state index contributed by atoms with van der Waals surface area (Å²) in [6.07, 6.45) is -1.97. The van der Waals surface area contributed by atoms with E-state index in [2.05, 4.69) is 10.3 Å². The number of esters is 1. The van der Waals surface area contributed by atoms with Crippen molar-refractivity contribution in [2.24, 2.45) is 5.92 Å². The maximum absolute atomic E-state index is 12.8. The Balaban J connectivity index is 1.60. The van der Waals surface area contributed by atoms with E-state index in [-0.39, 0.29) is 30.0 Å². The lowest BCUT2D eigenvalue weighted by atomic mass is 9.97. The minimum atomic E-state index is -4.42. The molecule has 1 aliphatic heterocycles. The van der Waals surface area contributed by atoms with Crippen LogP contribution in [-0.2, 0) is 22.3 Å². The summed E-state index contributed by atoms with van der Waals surface area (Å²) in [5.74, 6) is -0.773. The fourth-order valence-electron chi connectivity index (χ4n) is 3.25. The van der Waals surface area contributed by atoms with Gasteiger partial charge in [0.2, 0.25) is 0 Å². The van der Waals surface area contributed by atoms with Crippen LogP contribution in [0.1, 0.15) is 41.4 Å². The van der Waals surface area contributed by atoms with Crippen molar-refractivity contribution in [2.45, 2.75) is 32.5 Å². The van der Waals surface area contributed by atoms with Gasteiger partial charge in [0.05, 0.1) is 30.8 Å². The van der Waals surface area contributed by atoms with E-state index in [0.717, 1.165) is 12.1 Å². The molecular weight excluding hydrogens is 389 g/mol. The van der Waals surface area contributed by atoms with E-state index < -0.39 is 11.7 Å². The van der Waals surface area contributed by atoms with Gasteiger partial charge in [-0.15, -0.1) is 5.10 Å². The first-order valence-electron chi connectivity index (χ1n) is 9.30. The molecule has 7 nitrogen and oxygen atoms in total. The van der Waals surface area contributed by atoms with Gasteiger partial charge in [-0.05, 0) is 37.5 Å². The molecule has 1 amide bonds. The van der Waals surface area contributed by atoms with Gasteiger partial charge >= 0.3 is 12.1 Å². The number of hydrogen-bond acceptors (Lipinski definition) is 5. The van der Waals surface area contributed by atoms with Crippen LogP contribution in [0.2, 0.25) is 0 Å². The average Bonchev–Trinajstić information content (AvgIpc) is 3.16. The number of hydrogen-bond donors (Lipinski definition) is 0. The smallest absolute Gasteiger partial charge is 0.416 e. The van der Waals surface area contributed by atoms with Gasteiger partial charge in [-0.2, -0.15) is 13.2 Å². The zero-order valence-electron chi connectivity index (χ0n) is 15.9. The lowest BCUT2D eigenvalue weighted by molar-refractivity contribution is -0.149. The molecule has 1 aromatic carbocycles. The fraction of sp³-hybridized carbons (Fsp3) is 0.474. The molecular formula is C19H21F3N4O3. The summed E-state index contributed by atoms with van der Waals surface area (Å²) >= 11 is 0. The van der Waals surface area contributed by atoms with Crippen molar-refractivity contribution >= 4 is 11.9 Å². The first-order valence-corrected chi connectivity index (χ1v) is 9.30. The number of aromatic nitrogens is 3. The van der Waals surface area contributed by atoms with Crippen LogP contribution in [0.4, 0.5) is 13.2 Å². The van der Waals surface area contributed by atoms with Gasteiger partial charge in [-0.25, -0.2) is 4.68 Å². The van der Waals surface area contributed by atoms with Crippen LogP contribution < -0.4 is 0 Å². The molecule has 0 spiro atoms. The van der Waals surface area contributed by atoms with Gasteiger partial charge < -0.3 is 9.64 Å². The summed E-state index contributed by atoms with van der Waals surface area (Å²) in [6.45, 7) is 2.95. The van der Waals surface area contributed by atoms with Crippen molar-refractivity contribution in [1.82, 2.24) is 19.9 Å². The Morgan fingerprint density at radius 3 is 2.62 bits per heavy atom. The first-order chi connectivity index (χ1) is 13.8. The molecule has 1 aliphatic rings. The Bertz CT molecular complexity index is 874. The van der Waals surface area contributed by atoms with Crippen LogP contribution in [0.5, 0.6) is 0 Å². The third-order valence-electron chi connectivity index (χ3n) is 4.76. The molecule has 0 radical (unpaired) electrons. The second kappa shape index (κ2) is 8.62. The maximum Gasteiger partial charge on any atom is 0.416 e. The van der Waals surface area contributed by atoms with Gasteiger partial charge in [0.1, 0.15) is 0 Å². The first kappa shape index (κ1) is 20.8. The van der Waals surface area contributed by atoms with Crippen molar-refractivity contribution in [1.29, 1.82) is 0 Å². The lowest BCUT2D eigenvalue weighted by Gasteiger charge is -2.30. The highest BCUT2D eigenvalue weighted by Crippen LogP contribution is 2.29. The quantitative estimate of drug-likeness (QED) is 0.709. The number of likely N-dealkylation sites (tertiary alicyclic amines) is 1. The number of benzene rings is 1. The second-order valence-electron chi connectivity index (χ2n) is 6.82. The number of piperidine rings is 1. The molecule has 2 heterocycles. The van der Waals surface area contributed by atoms with E-state index in [1.54, 1.807) is 17.9 Å². The topological polar surface area (TPSA) is 77.3 Å². The molecule has 0 atom stereocenters. The minimum absolute atomic E-state index is 0.0646. The van der Waals surface area contributed by atoms with E-state index in [1.165, 1.54) is 16.9 Å². The summed E-state index contributed by atoms with van der Waals surface area (Å²) in [4.78, 5) is 26.0. The van der Waals surface area contributed by atoms with E-state index in [0.29, 0.717) is 38.1 Å². The number of nitrogens with zero attached hydrogens (tertiary/aromatic N) is 4. The van der Waals surface area contributed by atoms with Crippen molar-refractivity contribution in [3.63, 3.8) is 0 Å². The Morgan fingerprint density at radius 1 is 1.24 bits per heavy atom. The van der Waals surface area contributed by atoms with Crippen LogP contribution >= 0.6 is 0 Å². The normalized spacial score (nSPS) is 15.4. The van der Waals surface area contributed by atoms with Gasteiger partial charge in [-0.3, -0.25) is 9.59 Å². The zero-order valence-corrected chi connectivity index (χ0v) is 15.9. The van der Waals surface area contributed by atoms with Crippen molar-refractivity contribution < 1.29 is 27.5 Å². The minimum Gasteiger partial charge on any atom is -0.466 e. The summed E-state index contributed by atoms with van der Waals surface area (Å²) in [5, 5.41) is 7.70. The molecule has 156 valence electrons. The van der Waals surface area contributed by atoms with Gasteiger partial charge in [0, 0.05) is 13.1 Å². The fourth-order valence-corrected chi connectivity index (χ4v) is 3.25. The number of halogens is 3. The van der Waals surface area contributed by atoms with E-state index in [4.69, 9.17) is 4.74 Å². The number of carbonyl (C=O) groups is 2. The molecule has 0 N–H and O–H groups in total. The third-order valence-corrected chi connectivity index (χ3v) is 4.76. The predicted octanol–water partition coefficient (Wildman–Crippen LogP) is 2.76. The lowest BCUT2D eigenvalue weighted by Crippen LogP contribution is -2.40. The summed E-state index contributed by atoms with van der Waals surface area (Å²) < 4.78 is 44.8. The summed E-state index contributed by atoms with van der Waals surface area (Å²) in [6, 6.07) is 4.93. The second-order valence-corrected chi connectivity index (χ2v) is 6.82. The molecule has 1 fully saturated rings. The number of amides is 1. The van der Waals surface area contributed by atoms with Crippen LogP contribution in [0.25, 0.3) is 0 Å². The maximum atomic E-state index is 12.8. The number of carbonyl (C=O) groups excluding carboxylic acids is 2. The SMILES string of the molecule is CCOC(=O)C1CCN(C(=O)c2cn(Cc3cccc(C(F)(F)F)c3)nn2)CC1. The van der Waals surface area contributed by atoms with Crippen LogP contribution in [0.15, 0.2) is 30.5 Å². The molecule has 0 bridgehead atoms. The Labute approximate surface area is 165 Å². The number of alkyl halides is 3. The Morgan fingerprint density at radius 2 is 1.97 bits per heavy atom. The highest BCUT2D eigenvalue weighted by molar-refractivity contribution is 5.92. The molecule has 2 aromatic rings. The van der Waals surface area contributed by atoms with Crippen molar-refractivity contribution in [2.75, 3.05) is 19.7 Å². The molecule has 3 rings (SSSR count). The van der Waals surface area contributed by atoms with Crippen molar-refractivity contribution in [3.05, 3.63) is 47.3 Å². The van der Waals surface area contributed by atoms with Gasteiger partial charge in [0.15, 0.2) is 5.69 Å². The number of rotatable bonds is 5. The third kappa shape index (κ3) is 5.12. The monoisotopic (exact) mass is 410 g/mol. The Kier molecular flexibility index (Phi) is 6.19. The molecule has 0 aliphatic carbocycles. The average molecular weight is 410 g/mol. The summed E-state index contributed by atoms with van der Waals surface area (Å²) in [7, 11) is 0. The van der Waals surface area contributed by atoms with Crippen LogP contribution in [0.3, 0.4) is 0 Å². The number of ether oxygens (including phenoxy) is 1. The molecule has 29 heavy (non-hydrogen) atoms. The van der Waals surface area contributed by atoms with E-state index in [1.807, 2.05) is 0 Å². The zero-order chi connectivity index (χ0) is 21.0. The highest BCUT2D eigenvalue weighted by atomic mass is 19.4. The Hall–Kier alpha value is -2.91. The molecule has 10 heteroatoms. The molecule has 1 saturated heterocycles. The largest absolute Gasteiger partial charge is 0.466 e. The molecule has 0 unspecified atom stereocenters. The van der Waals surface area contributed by atoms with Gasteiger partial charge in [0.25, 0.3) is 5.91 Å². The van der Waals surface area contributed by atoms with E-state index >= 15 is 0 Å². The molecule has 1 aromatic heterocycles. The summed E-state index contributed by atoms with van der Waals surface area (Å²) in [5.41, 5.74) is -0.221. The van der Waals surface area contributed by atoms with Crippen LogP contribution in [0, 0.1) is 5.92 Å².